The lowest BCUT2D eigenvalue weighted by molar-refractivity contribution is 0.0658. The summed E-state index contributed by atoms with van der Waals surface area (Å²) in [7, 11) is 0. The second kappa shape index (κ2) is 8.24. The maximum Gasteiger partial charge on any atom is 0.257 e. The van der Waals surface area contributed by atoms with Crippen LogP contribution in [0.25, 0.3) is 11.3 Å². The molecule has 4 rings (SSSR count). The summed E-state index contributed by atoms with van der Waals surface area (Å²) in [5, 5.41) is 8.50. The average molecular weight is 377 g/mol. The van der Waals surface area contributed by atoms with Gasteiger partial charge in [-0.2, -0.15) is 0 Å². The third-order valence-corrected chi connectivity index (χ3v) is 5.02. The highest BCUT2D eigenvalue weighted by Crippen LogP contribution is 2.21. The molecule has 28 heavy (non-hydrogen) atoms. The fourth-order valence-corrected chi connectivity index (χ4v) is 3.53. The summed E-state index contributed by atoms with van der Waals surface area (Å²) < 4.78 is 1.86. The van der Waals surface area contributed by atoms with Crippen LogP contribution in [0.3, 0.4) is 0 Å². The van der Waals surface area contributed by atoms with Crippen molar-refractivity contribution in [3.05, 3.63) is 54.5 Å². The van der Waals surface area contributed by atoms with Gasteiger partial charge in [-0.3, -0.25) is 14.5 Å². The number of carbonyl (C=O) groups excluding carboxylic acids is 1. The lowest BCUT2D eigenvalue weighted by Crippen LogP contribution is -2.41. The first-order valence-corrected chi connectivity index (χ1v) is 9.63. The van der Waals surface area contributed by atoms with Crippen molar-refractivity contribution in [2.75, 3.05) is 13.1 Å². The van der Waals surface area contributed by atoms with E-state index in [2.05, 4.69) is 25.3 Å². The van der Waals surface area contributed by atoms with Crippen molar-refractivity contribution in [3.8, 4) is 11.3 Å². The summed E-state index contributed by atoms with van der Waals surface area (Å²) in [6, 6.07) is 3.85. The fraction of sp³-hybridized carbons (Fsp3) is 0.400. The molecule has 0 aromatic carbocycles. The molecule has 1 aliphatic rings. The van der Waals surface area contributed by atoms with E-state index in [1.165, 1.54) is 0 Å². The molecule has 0 saturated carbocycles. The number of aromatic nitrogens is 6. The van der Waals surface area contributed by atoms with Gasteiger partial charge in [0.2, 0.25) is 0 Å². The lowest BCUT2D eigenvalue weighted by Gasteiger charge is -2.32. The zero-order valence-electron chi connectivity index (χ0n) is 15.9. The molecule has 0 radical (unpaired) electrons. The van der Waals surface area contributed by atoms with Crippen molar-refractivity contribution in [2.45, 2.75) is 32.7 Å². The molecule has 0 unspecified atom stereocenters. The van der Waals surface area contributed by atoms with E-state index in [0.29, 0.717) is 18.0 Å². The van der Waals surface area contributed by atoms with Crippen molar-refractivity contribution in [3.63, 3.8) is 0 Å². The Bertz CT molecular complexity index is 923. The molecule has 0 bridgehead atoms. The standard InChI is InChI=1S/C20H23N7O/c1-2-19-22-10-17(11-23-19)20(28)26-8-4-5-15(12-26)13-27-14-18(24-25-27)16-6-3-7-21-9-16/h3,6-7,9-11,14-15H,2,4-5,8,12-13H2,1H3/t15-/m0/s1. The summed E-state index contributed by atoms with van der Waals surface area (Å²) >= 11 is 0. The Morgan fingerprint density at radius 3 is 2.86 bits per heavy atom. The average Bonchev–Trinajstić information content (AvgIpc) is 3.22. The normalized spacial score (nSPS) is 16.9. The highest BCUT2D eigenvalue weighted by Gasteiger charge is 2.25. The Hall–Kier alpha value is -3.16. The van der Waals surface area contributed by atoms with Gasteiger partial charge < -0.3 is 4.90 Å². The van der Waals surface area contributed by atoms with Crippen molar-refractivity contribution in [1.82, 2.24) is 34.8 Å². The summed E-state index contributed by atoms with van der Waals surface area (Å²) in [6.45, 7) is 4.21. The predicted molar refractivity (Wildman–Crippen MR) is 103 cm³/mol. The van der Waals surface area contributed by atoms with Crippen LogP contribution in [0.15, 0.2) is 43.1 Å². The van der Waals surface area contributed by atoms with E-state index < -0.39 is 0 Å². The van der Waals surface area contributed by atoms with Gasteiger partial charge in [-0.05, 0) is 30.9 Å². The van der Waals surface area contributed by atoms with Gasteiger partial charge in [0.15, 0.2) is 0 Å². The second-order valence-electron chi connectivity index (χ2n) is 7.07. The molecule has 1 amide bonds. The van der Waals surface area contributed by atoms with E-state index in [-0.39, 0.29) is 5.91 Å². The molecule has 1 atom stereocenters. The molecule has 1 fully saturated rings. The summed E-state index contributed by atoms with van der Waals surface area (Å²) in [4.78, 5) is 27.3. The molecule has 4 heterocycles. The molecule has 3 aromatic rings. The maximum atomic E-state index is 12.8. The molecule has 1 saturated heterocycles. The first kappa shape index (κ1) is 18.2. The quantitative estimate of drug-likeness (QED) is 0.677. The number of piperidine rings is 1. The van der Waals surface area contributed by atoms with Crippen molar-refractivity contribution < 1.29 is 4.79 Å². The summed E-state index contributed by atoms with van der Waals surface area (Å²) in [6.07, 6.45) is 11.5. The molecule has 8 nitrogen and oxygen atoms in total. The zero-order chi connectivity index (χ0) is 19.3. The van der Waals surface area contributed by atoms with Crippen LogP contribution in [0.1, 0.15) is 35.9 Å². The number of likely N-dealkylation sites (tertiary alicyclic amines) is 1. The first-order valence-electron chi connectivity index (χ1n) is 9.63. The van der Waals surface area contributed by atoms with E-state index >= 15 is 0 Å². The van der Waals surface area contributed by atoms with Crippen LogP contribution in [0.4, 0.5) is 0 Å². The van der Waals surface area contributed by atoms with Gasteiger partial charge >= 0.3 is 0 Å². The Morgan fingerprint density at radius 1 is 1.25 bits per heavy atom. The number of amides is 1. The van der Waals surface area contributed by atoms with Gasteiger partial charge in [0.25, 0.3) is 5.91 Å². The van der Waals surface area contributed by atoms with Crippen LogP contribution in [0.2, 0.25) is 0 Å². The smallest absolute Gasteiger partial charge is 0.257 e. The number of hydrogen-bond acceptors (Lipinski definition) is 6. The first-order chi connectivity index (χ1) is 13.7. The van der Waals surface area contributed by atoms with Crippen LogP contribution in [0.5, 0.6) is 0 Å². The third-order valence-electron chi connectivity index (χ3n) is 5.02. The number of nitrogens with zero attached hydrogens (tertiary/aromatic N) is 7. The zero-order valence-corrected chi connectivity index (χ0v) is 15.9. The van der Waals surface area contributed by atoms with Crippen LogP contribution in [-0.2, 0) is 13.0 Å². The summed E-state index contributed by atoms with van der Waals surface area (Å²) in [5.41, 5.74) is 2.31. The molecular weight excluding hydrogens is 354 g/mol. The second-order valence-corrected chi connectivity index (χ2v) is 7.07. The third kappa shape index (κ3) is 4.05. The minimum Gasteiger partial charge on any atom is -0.338 e. The fourth-order valence-electron chi connectivity index (χ4n) is 3.53. The topological polar surface area (TPSA) is 89.7 Å². The monoisotopic (exact) mass is 377 g/mol. The Labute approximate surface area is 163 Å². The molecule has 1 aliphatic heterocycles. The van der Waals surface area contributed by atoms with Crippen LogP contribution < -0.4 is 0 Å². The van der Waals surface area contributed by atoms with Crippen molar-refractivity contribution in [1.29, 1.82) is 0 Å². The van der Waals surface area contributed by atoms with Gasteiger partial charge in [0, 0.05) is 56.4 Å². The highest BCUT2D eigenvalue weighted by molar-refractivity contribution is 5.93. The number of hydrogen-bond donors (Lipinski definition) is 0. The molecule has 3 aromatic heterocycles. The Kier molecular flexibility index (Phi) is 5.36. The van der Waals surface area contributed by atoms with E-state index in [0.717, 1.165) is 49.4 Å². The molecule has 144 valence electrons. The maximum absolute atomic E-state index is 12.8. The van der Waals surface area contributed by atoms with Crippen LogP contribution in [0, 0.1) is 5.92 Å². The highest BCUT2D eigenvalue weighted by atomic mass is 16.2. The minimum atomic E-state index is 0.00184. The number of aryl methyl sites for hydroxylation is 1. The molecule has 0 spiro atoms. The van der Waals surface area contributed by atoms with Crippen LogP contribution in [-0.4, -0.2) is 53.8 Å². The minimum absolute atomic E-state index is 0.00184. The molecular formula is C20H23N7O. The lowest BCUT2D eigenvalue weighted by atomic mass is 9.97. The van der Waals surface area contributed by atoms with Crippen LogP contribution >= 0.6 is 0 Å². The van der Waals surface area contributed by atoms with Gasteiger partial charge in [-0.1, -0.05) is 12.1 Å². The van der Waals surface area contributed by atoms with E-state index in [9.17, 15) is 4.79 Å². The Balaban J connectivity index is 1.40. The van der Waals surface area contributed by atoms with E-state index in [1.807, 2.05) is 34.8 Å². The number of pyridine rings is 1. The van der Waals surface area contributed by atoms with Gasteiger partial charge in [0.05, 0.1) is 11.8 Å². The molecule has 8 heteroatoms. The molecule has 0 N–H and O–H groups in total. The SMILES string of the molecule is CCc1ncc(C(=O)N2CCC[C@H](Cn3cc(-c4cccnc4)nn3)C2)cn1. The van der Waals surface area contributed by atoms with Gasteiger partial charge in [0.1, 0.15) is 11.5 Å². The van der Waals surface area contributed by atoms with E-state index in [1.54, 1.807) is 24.8 Å². The van der Waals surface area contributed by atoms with Crippen molar-refractivity contribution >= 4 is 5.91 Å². The Morgan fingerprint density at radius 2 is 2.11 bits per heavy atom. The molecule has 0 aliphatic carbocycles. The van der Waals surface area contributed by atoms with Gasteiger partial charge in [-0.15, -0.1) is 5.10 Å². The number of rotatable bonds is 5. The summed E-state index contributed by atoms with van der Waals surface area (Å²) in [5.74, 6) is 1.10. The predicted octanol–water partition coefficient (Wildman–Crippen LogP) is 2.24. The van der Waals surface area contributed by atoms with Crippen molar-refractivity contribution in [2.24, 2.45) is 5.92 Å². The number of carbonyl (C=O) groups is 1. The van der Waals surface area contributed by atoms with Gasteiger partial charge in [-0.25, -0.2) is 9.97 Å². The largest absolute Gasteiger partial charge is 0.338 e. The van der Waals surface area contributed by atoms with E-state index in [4.69, 9.17) is 0 Å².